The Kier molecular flexibility index (Phi) is 6.78. The van der Waals surface area contributed by atoms with Crippen molar-refractivity contribution >= 4 is 23.4 Å². The van der Waals surface area contributed by atoms with Crippen molar-refractivity contribution in [3.8, 4) is 0 Å². The third-order valence-corrected chi connectivity index (χ3v) is 4.26. The minimum Gasteiger partial charge on any atom is -0.370 e. The summed E-state index contributed by atoms with van der Waals surface area (Å²) >= 11 is 1.94. The molecule has 1 aromatic heterocycles. The number of anilines is 2. The molecule has 1 aromatic rings. The summed E-state index contributed by atoms with van der Waals surface area (Å²) in [4.78, 5) is 9.46. The molecule has 0 spiro atoms. The largest absolute Gasteiger partial charge is 0.370 e. The molecule has 1 heterocycles. The summed E-state index contributed by atoms with van der Waals surface area (Å²) < 4.78 is 0. The lowest BCUT2D eigenvalue weighted by atomic mass is 9.95. The first kappa shape index (κ1) is 18.1. The van der Waals surface area contributed by atoms with Gasteiger partial charge in [0.25, 0.3) is 0 Å². The first-order valence-corrected chi connectivity index (χ1v) is 8.92. The van der Waals surface area contributed by atoms with Gasteiger partial charge in [-0.3, -0.25) is 0 Å². The topological polar surface area (TPSA) is 49.8 Å². The molecule has 0 aliphatic heterocycles. The van der Waals surface area contributed by atoms with E-state index < -0.39 is 0 Å². The van der Waals surface area contributed by atoms with Gasteiger partial charge in [0.1, 0.15) is 17.5 Å². The van der Waals surface area contributed by atoms with Crippen LogP contribution in [0.25, 0.3) is 0 Å². The molecule has 0 saturated heterocycles. The van der Waals surface area contributed by atoms with E-state index in [1.165, 1.54) is 0 Å². The molecule has 5 heteroatoms. The van der Waals surface area contributed by atoms with Crippen molar-refractivity contribution in [1.29, 1.82) is 0 Å². The van der Waals surface area contributed by atoms with Crippen molar-refractivity contribution in [3.05, 3.63) is 11.4 Å². The lowest BCUT2D eigenvalue weighted by molar-refractivity contribution is 0.545. The summed E-state index contributed by atoms with van der Waals surface area (Å²) in [6, 6.07) is 0.394. The lowest BCUT2D eigenvalue weighted by Crippen LogP contribution is -2.24. The molecule has 0 amide bonds. The fourth-order valence-corrected chi connectivity index (χ4v) is 2.57. The number of hydrogen-bond acceptors (Lipinski definition) is 5. The molecule has 1 unspecified atom stereocenters. The van der Waals surface area contributed by atoms with Crippen LogP contribution in [0.5, 0.6) is 0 Å². The Bertz CT molecular complexity index is 454. The second-order valence-corrected chi connectivity index (χ2v) is 7.67. The van der Waals surface area contributed by atoms with Gasteiger partial charge in [-0.15, -0.1) is 0 Å². The monoisotopic (exact) mass is 310 g/mol. The van der Waals surface area contributed by atoms with E-state index in [0.29, 0.717) is 6.04 Å². The van der Waals surface area contributed by atoms with Gasteiger partial charge in [-0.05, 0) is 26.5 Å². The molecule has 0 bridgehead atoms. The number of nitrogens with one attached hydrogen (secondary N) is 2. The highest BCUT2D eigenvalue weighted by Crippen LogP contribution is 2.26. The average molecular weight is 311 g/mol. The predicted molar refractivity (Wildman–Crippen MR) is 95.7 cm³/mol. The van der Waals surface area contributed by atoms with Crippen molar-refractivity contribution < 1.29 is 0 Å². The van der Waals surface area contributed by atoms with E-state index in [1.54, 1.807) is 0 Å². The number of thioether (sulfide) groups is 1. The van der Waals surface area contributed by atoms with Gasteiger partial charge in [-0.25, -0.2) is 9.97 Å². The molecule has 0 aliphatic rings. The van der Waals surface area contributed by atoms with Gasteiger partial charge in [0.2, 0.25) is 0 Å². The van der Waals surface area contributed by atoms with E-state index in [4.69, 9.17) is 9.97 Å². The molecule has 0 aliphatic carbocycles. The van der Waals surface area contributed by atoms with Crippen molar-refractivity contribution in [2.75, 3.05) is 28.7 Å². The number of rotatable bonds is 7. The van der Waals surface area contributed by atoms with E-state index >= 15 is 0 Å². The van der Waals surface area contributed by atoms with Crippen molar-refractivity contribution in [2.24, 2.45) is 0 Å². The summed E-state index contributed by atoms with van der Waals surface area (Å²) in [6.45, 7) is 15.9. The van der Waals surface area contributed by atoms with Crippen LogP contribution in [0.1, 0.15) is 52.9 Å². The van der Waals surface area contributed by atoms with Crippen LogP contribution < -0.4 is 10.6 Å². The first-order valence-electron chi connectivity index (χ1n) is 7.76. The molecular formula is C16H30N4S. The second kappa shape index (κ2) is 7.87. The molecule has 1 rings (SSSR count). The third-order valence-electron chi connectivity index (χ3n) is 3.12. The van der Waals surface area contributed by atoms with Gasteiger partial charge in [0.05, 0.1) is 0 Å². The second-order valence-electron chi connectivity index (χ2n) is 6.35. The highest BCUT2D eigenvalue weighted by Gasteiger charge is 2.21. The molecule has 120 valence electrons. The van der Waals surface area contributed by atoms with Crippen molar-refractivity contribution in [1.82, 2.24) is 9.97 Å². The summed E-state index contributed by atoms with van der Waals surface area (Å²) in [5.41, 5.74) is 1.04. The van der Waals surface area contributed by atoms with E-state index in [9.17, 15) is 0 Å². The van der Waals surface area contributed by atoms with Crippen LogP contribution in [0.2, 0.25) is 0 Å². The normalized spacial score (nSPS) is 13.1. The van der Waals surface area contributed by atoms with Gasteiger partial charge in [0.15, 0.2) is 0 Å². The van der Waals surface area contributed by atoms with Crippen molar-refractivity contribution in [3.63, 3.8) is 0 Å². The minimum atomic E-state index is -0.0598. The summed E-state index contributed by atoms with van der Waals surface area (Å²) in [6.07, 6.45) is 0. The van der Waals surface area contributed by atoms with E-state index in [2.05, 4.69) is 59.1 Å². The standard InChI is InChI=1S/C16H30N4S/c1-8-17-13-12(4)14(18-11(3)10-21-9-2)20-15(19-13)16(5,6)7/h11H,8-10H2,1-7H3,(H2,17,18,19,20). The molecule has 0 radical (unpaired) electrons. The Balaban J connectivity index is 3.08. The molecule has 0 saturated carbocycles. The van der Waals surface area contributed by atoms with Gasteiger partial charge in [0, 0.05) is 29.3 Å². The number of aromatic nitrogens is 2. The molecule has 21 heavy (non-hydrogen) atoms. The summed E-state index contributed by atoms with van der Waals surface area (Å²) in [5, 5.41) is 6.89. The zero-order valence-corrected chi connectivity index (χ0v) is 15.3. The smallest absolute Gasteiger partial charge is 0.138 e. The van der Waals surface area contributed by atoms with Gasteiger partial charge in [-0.2, -0.15) is 11.8 Å². The number of hydrogen-bond donors (Lipinski definition) is 2. The maximum atomic E-state index is 4.76. The van der Waals surface area contributed by atoms with Gasteiger partial charge >= 0.3 is 0 Å². The van der Waals surface area contributed by atoms with Crippen LogP contribution in [0, 0.1) is 6.92 Å². The quantitative estimate of drug-likeness (QED) is 0.795. The van der Waals surface area contributed by atoms with Crippen LogP contribution in [0.3, 0.4) is 0 Å². The molecule has 4 nitrogen and oxygen atoms in total. The Morgan fingerprint density at radius 3 is 2.29 bits per heavy atom. The first-order chi connectivity index (χ1) is 9.79. The van der Waals surface area contributed by atoms with Crippen LogP contribution >= 0.6 is 11.8 Å². The molecule has 1 atom stereocenters. The zero-order valence-electron chi connectivity index (χ0n) is 14.5. The highest BCUT2D eigenvalue weighted by atomic mass is 32.2. The maximum Gasteiger partial charge on any atom is 0.138 e. The fourth-order valence-electron chi connectivity index (χ4n) is 1.90. The van der Waals surface area contributed by atoms with Crippen LogP contribution in [-0.2, 0) is 5.41 Å². The van der Waals surface area contributed by atoms with Gasteiger partial charge in [-0.1, -0.05) is 27.7 Å². The minimum absolute atomic E-state index is 0.0598. The third kappa shape index (κ3) is 5.38. The highest BCUT2D eigenvalue weighted by molar-refractivity contribution is 7.99. The Morgan fingerprint density at radius 1 is 1.14 bits per heavy atom. The number of nitrogens with zero attached hydrogens (tertiary/aromatic N) is 2. The average Bonchev–Trinajstić information content (AvgIpc) is 2.39. The fraction of sp³-hybridized carbons (Fsp3) is 0.750. The Morgan fingerprint density at radius 2 is 1.76 bits per heavy atom. The van der Waals surface area contributed by atoms with Crippen LogP contribution in [-0.4, -0.2) is 34.1 Å². The Hall–Kier alpha value is -0.970. The van der Waals surface area contributed by atoms with E-state index in [0.717, 1.165) is 41.1 Å². The van der Waals surface area contributed by atoms with E-state index in [1.807, 2.05) is 11.8 Å². The van der Waals surface area contributed by atoms with Gasteiger partial charge < -0.3 is 10.6 Å². The molecule has 0 aromatic carbocycles. The molecule has 2 N–H and O–H groups in total. The maximum absolute atomic E-state index is 4.76. The summed E-state index contributed by atoms with van der Waals surface area (Å²) in [5.74, 6) is 5.00. The zero-order chi connectivity index (χ0) is 16.0. The molecule has 0 fully saturated rings. The molecular weight excluding hydrogens is 280 g/mol. The lowest BCUT2D eigenvalue weighted by Gasteiger charge is -2.23. The SMILES string of the molecule is CCNc1nc(C(C)(C)C)nc(NC(C)CSCC)c1C. The predicted octanol–water partition coefficient (Wildman–Crippen LogP) is 4.07. The van der Waals surface area contributed by atoms with Crippen LogP contribution in [0.4, 0.5) is 11.6 Å². The van der Waals surface area contributed by atoms with E-state index in [-0.39, 0.29) is 5.41 Å². The van der Waals surface area contributed by atoms with Crippen LogP contribution in [0.15, 0.2) is 0 Å². The van der Waals surface area contributed by atoms with Crippen molar-refractivity contribution in [2.45, 2.75) is 59.9 Å². The Labute approximate surface area is 133 Å². The summed E-state index contributed by atoms with van der Waals surface area (Å²) in [7, 11) is 0.